The molecule has 5 nitrogen and oxygen atoms in total. The van der Waals surface area contributed by atoms with Gasteiger partial charge in [0, 0.05) is 23.4 Å². The number of carboxylic acid groups (broad SMARTS) is 1. The van der Waals surface area contributed by atoms with Gasteiger partial charge in [-0.05, 0) is 29.8 Å². The van der Waals surface area contributed by atoms with Crippen molar-refractivity contribution in [3.8, 4) is 17.2 Å². The number of anilines is 2. The smallest absolute Gasteiger partial charge is 0.337 e. The Bertz CT molecular complexity index is 848. The second-order valence-corrected chi connectivity index (χ2v) is 4.95. The van der Waals surface area contributed by atoms with Crippen molar-refractivity contribution in [2.24, 2.45) is 0 Å². The summed E-state index contributed by atoms with van der Waals surface area (Å²) < 4.78 is 0. The van der Waals surface area contributed by atoms with Gasteiger partial charge in [-0.25, -0.2) is 4.79 Å². The minimum absolute atomic E-state index is 0.220. The molecule has 2 aromatic carbocycles. The lowest BCUT2D eigenvalue weighted by Crippen LogP contribution is -2.11. The Morgan fingerprint density at radius 1 is 1.27 bits per heavy atom. The number of hydrogen-bond donors (Lipinski definition) is 3. The van der Waals surface area contributed by atoms with Gasteiger partial charge in [-0.15, -0.1) is 0 Å². The number of benzene rings is 2. The van der Waals surface area contributed by atoms with Crippen molar-refractivity contribution < 1.29 is 9.90 Å². The molecule has 0 amide bonds. The van der Waals surface area contributed by atoms with E-state index < -0.39 is 5.97 Å². The Labute approximate surface area is 127 Å². The number of nitrogen functional groups attached to an aromatic ring is 1. The highest BCUT2D eigenvalue weighted by Gasteiger charge is 2.19. The fourth-order valence-electron chi connectivity index (χ4n) is 2.59. The first-order valence-corrected chi connectivity index (χ1v) is 6.72. The maximum atomic E-state index is 11.4. The van der Waals surface area contributed by atoms with Crippen molar-refractivity contribution in [1.82, 2.24) is 0 Å². The van der Waals surface area contributed by atoms with E-state index in [1.165, 1.54) is 0 Å². The molecule has 0 radical (unpaired) electrons. The van der Waals surface area contributed by atoms with Crippen LogP contribution in [0.4, 0.5) is 11.4 Å². The van der Waals surface area contributed by atoms with Crippen LogP contribution in [0.1, 0.15) is 21.5 Å². The fraction of sp³-hybridized carbons (Fsp3) is 0.0588. The van der Waals surface area contributed by atoms with Gasteiger partial charge in [0.15, 0.2) is 0 Å². The summed E-state index contributed by atoms with van der Waals surface area (Å²) in [5.41, 5.74) is 10.2. The summed E-state index contributed by atoms with van der Waals surface area (Å²) in [4.78, 5) is 11.4. The third-order valence-electron chi connectivity index (χ3n) is 3.63. The van der Waals surface area contributed by atoms with Crippen LogP contribution < -0.4 is 11.1 Å². The lowest BCUT2D eigenvalue weighted by Gasteiger charge is -2.20. The highest BCUT2D eigenvalue weighted by atomic mass is 16.4. The van der Waals surface area contributed by atoms with E-state index in [4.69, 9.17) is 11.0 Å². The predicted octanol–water partition coefficient (Wildman–Crippen LogP) is 2.94. The maximum absolute atomic E-state index is 11.4. The van der Waals surface area contributed by atoms with E-state index >= 15 is 0 Å². The second-order valence-electron chi connectivity index (χ2n) is 4.95. The molecule has 0 bridgehead atoms. The molecule has 1 aliphatic heterocycles. The molecule has 0 fully saturated rings. The zero-order valence-electron chi connectivity index (χ0n) is 11.6. The van der Waals surface area contributed by atoms with Crippen LogP contribution in [0.15, 0.2) is 36.4 Å². The van der Waals surface area contributed by atoms with Gasteiger partial charge in [0.25, 0.3) is 0 Å². The minimum Gasteiger partial charge on any atom is -0.478 e. The summed E-state index contributed by atoms with van der Waals surface area (Å²) in [5, 5.41) is 21.5. The van der Waals surface area contributed by atoms with Gasteiger partial charge in [-0.3, -0.25) is 0 Å². The molecule has 0 atom stereocenters. The molecule has 1 aliphatic rings. The maximum Gasteiger partial charge on any atom is 0.337 e. The Morgan fingerprint density at radius 3 is 2.82 bits per heavy atom. The molecule has 0 saturated carbocycles. The van der Waals surface area contributed by atoms with Crippen LogP contribution in [0.5, 0.6) is 0 Å². The van der Waals surface area contributed by atoms with Crippen LogP contribution in [0.3, 0.4) is 0 Å². The number of fused-ring (bicyclic) bond motifs is 1. The molecular formula is C17H13N3O2. The van der Waals surface area contributed by atoms with Crippen LogP contribution in [0, 0.1) is 11.3 Å². The summed E-state index contributed by atoms with van der Waals surface area (Å²) >= 11 is 0. The Hall–Kier alpha value is -3.26. The number of carbonyl (C=O) groups is 1. The molecule has 5 heteroatoms. The third-order valence-corrected chi connectivity index (χ3v) is 3.63. The molecule has 0 unspecified atom stereocenters. The highest BCUT2D eigenvalue weighted by molar-refractivity contribution is 6.01. The number of nitrogens with zero attached hydrogens (tertiary/aromatic N) is 1. The zero-order chi connectivity index (χ0) is 15.7. The van der Waals surface area contributed by atoms with Gasteiger partial charge in [-0.1, -0.05) is 18.2 Å². The van der Waals surface area contributed by atoms with Crippen LogP contribution in [0.2, 0.25) is 0 Å². The molecule has 3 rings (SSSR count). The largest absolute Gasteiger partial charge is 0.478 e. The van der Waals surface area contributed by atoms with Crippen molar-refractivity contribution in [3.63, 3.8) is 0 Å². The van der Waals surface area contributed by atoms with Crippen molar-refractivity contribution in [2.75, 3.05) is 17.6 Å². The summed E-state index contributed by atoms with van der Waals surface area (Å²) in [6.07, 6.45) is 3.80. The van der Waals surface area contributed by atoms with E-state index in [0.29, 0.717) is 23.5 Å². The molecule has 0 aromatic heterocycles. The van der Waals surface area contributed by atoms with Crippen molar-refractivity contribution in [2.45, 2.75) is 0 Å². The summed E-state index contributed by atoms with van der Waals surface area (Å²) in [7, 11) is 0. The van der Waals surface area contributed by atoms with E-state index in [2.05, 4.69) is 11.4 Å². The molecule has 2 aromatic rings. The molecule has 1 heterocycles. The molecule has 108 valence electrons. The molecule has 0 aliphatic carbocycles. The van der Waals surface area contributed by atoms with E-state index in [1.807, 2.05) is 12.2 Å². The Kier molecular flexibility index (Phi) is 3.28. The average Bonchev–Trinajstić information content (AvgIpc) is 2.54. The number of nitrogens with two attached hydrogens (primary N) is 1. The second kappa shape index (κ2) is 5.26. The lowest BCUT2D eigenvalue weighted by molar-refractivity contribution is 0.0698. The van der Waals surface area contributed by atoms with E-state index in [0.717, 1.165) is 16.7 Å². The molecule has 22 heavy (non-hydrogen) atoms. The predicted molar refractivity (Wildman–Crippen MR) is 85.5 cm³/mol. The quantitative estimate of drug-likeness (QED) is 0.739. The van der Waals surface area contributed by atoms with E-state index in [1.54, 1.807) is 30.3 Å². The van der Waals surface area contributed by atoms with Gasteiger partial charge in [0.1, 0.15) is 0 Å². The van der Waals surface area contributed by atoms with Crippen LogP contribution in [0.25, 0.3) is 17.2 Å². The summed E-state index contributed by atoms with van der Waals surface area (Å²) in [5.74, 6) is -0.982. The topological polar surface area (TPSA) is 99.1 Å². The van der Waals surface area contributed by atoms with Crippen LogP contribution in [-0.4, -0.2) is 17.6 Å². The van der Waals surface area contributed by atoms with Gasteiger partial charge in [-0.2, -0.15) is 5.26 Å². The third kappa shape index (κ3) is 2.17. The van der Waals surface area contributed by atoms with Crippen LogP contribution in [-0.2, 0) is 0 Å². The lowest BCUT2D eigenvalue weighted by atomic mass is 9.92. The number of rotatable bonds is 2. The first-order valence-electron chi connectivity index (χ1n) is 6.72. The van der Waals surface area contributed by atoms with Crippen molar-refractivity contribution in [3.05, 3.63) is 53.1 Å². The number of nitrogens with one attached hydrogen (secondary N) is 1. The number of hydrogen-bond acceptors (Lipinski definition) is 4. The molecule has 4 N–H and O–H groups in total. The molecular weight excluding hydrogens is 278 g/mol. The Morgan fingerprint density at radius 2 is 2.09 bits per heavy atom. The SMILES string of the molecule is N#Cc1ccc(N)c(-c2ccc(C(=O)O)c3c2C=CCN3)c1. The zero-order valence-corrected chi connectivity index (χ0v) is 11.6. The average molecular weight is 291 g/mol. The number of nitriles is 1. The monoisotopic (exact) mass is 291 g/mol. The standard InChI is InChI=1S/C17H13N3O2/c18-9-10-3-6-15(19)14(8-10)11-4-5-13(17(21)22)16-12(11)2-1-7-20-16/h1-6,8,20H,7,19H2,(H,21,22). The van der Waals surface area contributed by atoms with Crippen LogP contribution >= 0.6 is 0 Å². The Balaban J connectivity index is 2.28. The number of carboxylic acids is 1. The minimum atomic E-state index is -0.982. The number of aromatic carboxylic acids is 1. The van der Waals surface area contributed by atoms with Gasteiger partial charge >= 0.3 is 5.97 Å². The normalized spacial score (nSPS) is 12.1. The first-order chi connectivity index (χ1) is 10.6. The first kappa shape index (κ1) is 13.7. The van der Waals surface area contributed by atoms with Gasteiger partial charge in [0.2, 0.25) is 0 Å². The van der Waals surface area contributed by atoms with Crippen molar-refractivity contribution in [1.29, 1.82) is 5.26 Å². The van der Waals surface area contributed by atoms with Gasteiger partial charge < -0.3 is 16.2 Å². The summed E-state index contributed by atoms with van der Waals surface area (Å²) in [6.45, 7) is 0.574. The van der Waals surface area contributed by atoms with Gasteiger partial charge in [0.05, 0.1) is 22.9 Å². The van der Waals surface area contributed by atoms with E-state index in [-0.39, 0.29) is 5.56 Å². The highest BCUT2D eigenvalue weighted by Crippen LogP contribution is 2.37. The molecule has 0 saturated heterocycles. The van der Waals surface area contributed by atoms with Crippen molar-refractivity contribution >= 4 is 23.4 Å². The molecule has 0 spiro atoms. The summed E-state index contributed by atoms with van der Waals surface area (Å²) in [6, 6.07) is 10.4. The van der Waals surface area contributed by atoms with E-state index in [9.17, 15) is 9.90 Å². The fourth-order valence-corrected chi connectivity index (χ4v) is 2.59.